The van der Waals surface area contributed by atoms with Crippen LogP contribution in [0.15, 0.2) is 48.7 Å². The summed E-state index contributed by atoms with van der Waals surface area (Å²) in [5.41, 5.74) is 6.21. The maximum absolute atomic E-state index is 13.9. The smallest absolute Gasteiger partial charge is 0.410 e. The Labute approximate surface area is 320 Å². The van der Waals surface area contributed by atoms with Gasteiger partial charge in [-0.2, -0.15) is 0 Å². The van der Waals surface area contributed by atoms with Crippen LogP contribution in [-0.2, 0) is 20.9 Å². The van der Waals surface area contributed by atoms with E-state index >= 15 is 0 Å². The number of aromatic amines is 2. The van der Waals surface area contributed by atoms with Gasteiger partial charge in [-0.3, -0.25) is 9.69 Å². The highest BCUT2D eigenvalue weighted by molar-refractivity contribution is 6.07. The molecule has 4 atom stereocenters. The summed E-state index contributed by atoms with van der Waals surface area (Å²) in [5, 5.41) is 4.73. The van der Waals surface area contributed by atoms with Gasteiger partial charge in [0.05, 0.1) is 42.1 Å². The molecule has 0 bridgehead atoms. The minimum absolute atomic E-state index is 0.121. The van der Waals surface area contributed by atoms with Crippen molar-refractivity contribution in [2.24, 2.45) is 11.8 Å². The third-order valence-electron chi connectivity index (χ3n) is 11.0. The number of H-pyrrole nitrogens is 2. The lowest BCUT2D eigenvalue weighted by atomic mass is 9.92. The lowest BCUT2D eigenvalue weighted by molar-refractivity contribution is -0.135. The molecule has 0 unspecified atom stereocenters. The van der Waals surface area contributed by atoms with E-state index in [9.17, 15) is 14.4 Å². The van der Waals surface area contributed by atoms with Crippen LogP contribution in [0.1, 0.15) is 90.1 Å². The number of alkyl carbamates (subject to hydrolysis) is 1. The number of ether oxygens (including phenoxy) is 3. The summed E-state index contributed by atoms with van der Waals surface area (Å²) in [7, 11) is 1.30. The molecular formula is C42H49N7O6. The van der Waals surface area contributed by atoms with Gasteiger partial charge < -0.3 is 34.4 Å². The van der Waals surface area contributed by atoms with Gasteiger partial charge in [0.25, 0.3) is 0 Å². The summed E-state index contributed by atoms with van der Waals surface area (Å²) in [6, 6.07) is 13.6. The standard InChI is InChI=1S/C42H49N7O6/c1-22(2)35(47-40(51)53-7)39(50)49-20-23(3)15-33(49)38-44-30-13-11-24-17-29-27-12-10-25(16-26(27)21-54-34(29)18-28(24)36(30)46-38)31-19-43-37(45-31)32-9-8-14-48(32)41(52)55-42(4,5)6/h10-13,16-19,22-23,32-33,35H,8-9,14-15,20-21H2,1-7H3,(H,43,45)(H,44,46)(H,47,51)/t23-,32-,33-,35-/m0/s1. The van der Waals surface area contributed by atoms with Crippen LogP contribution in [0.4, 0.5) is 9.59 Å². The number of carbonyl (C=O) groups excluding carboxylic acids is 3. The van der Waals surface area contributed by atoms with Crippen molar-refractivity contribution in [3.05, 3.63) is 65.9 Å². The first-order valence-corrected chi connectivity index (χ1v) is 19.2. The Balaban J connectivity index is 1.06. The molecule has 13 nitrogen and oxygen atoms in total. The van der Waals surface area contributed by atoms with Crippen molar-refractivity contribution in [2.75, 3.05) is 20.2 Å². The van der Waals surface area contributed by atoms with Gasteiger partial charge in [0, 0.05) is 24.0 Å². The van der Waals surface area contributed by atoms with Crippen molar-refractivity contribution in [1.29, 1.82) is 0 Å². The number of carbonyl (C=O) groups is 3. The normalized spacial score (nSPS) is 20.0. The van der Waals surface area contributed by atoms with Crippen LogP contribution in [0.3, 0.4) is 0 Å². The van der Waals surface area contributed by atoms with Crippen LogP contribution in [0, 0.1) is 11.8 Å². The highest BCUT2D eigenvalue weighted by Crippen LogP contribution is 2.44. The summed E-state index contributed by atoms with van der Waals surface area (Å²) in [4.78, 5) is 59.3. The average Bonchev–Trinajstić information content (AvgIpc) is 3.97. The van der Waals surface area contributed by atoms with E-state index in [4.69, 9.17) is 24.2 Å². The molecule has 13 heteroatoms. The molecule has 55 heavy (non-hydrogen) atoms. The number of benzene rings is 3. The van der Waals surface area contributed by atoms with Gasteiger partial charge in [-0.05, 0) is 98.2 Å². The number of likely N-dealkylation sites (tertiary alicyclic amines) is 2. The molecule has 2 aromatic heterocycles. The molecule has 5 heterocycles. The number of imidazole rings is 2. The third kappa shape index (κ3) is 6.85. The molecule has 0 spiro atoms. The third-order valence-corrected chi connectivity index (χ3v) is 11.0. The van der Waals surface area contributed by atoms with Crippen molar-refractivity contribution in [1.82, 2.24) is 35.1 Å². The van der Waals surface area contributed by atoms with Gasteiger partial charge in [-0.25, -0.2) is 19.6 Å². The number of methoxy groups -OCH3 is 1. The van der Waals surface area contributed by atoms with E-state index in [0.29, 0.717) is 19.7 Å². The Morgan fingerprint density at radius 2 is 1.82 bits per heavy atom. The Hall–Kier alpha value is -5.59. The number of nitrogens with zero attached hydrogens (tertiary/aromatic N) is 4. The fraction of sp³-hybridized carbons (Fsp3) is 0.452. The van der Waals surface area contributed by atoms with Crippen LogP contribution in [0.25, 0.3) is 44.2 Å². The predicted molar refractivity (Wildman–Crippen MR) is 208 cm³/mol. The molecule has 3 aromatic carbocycles. The molecule has 3 amide bonds. The van der Waals surface area contributed by atoms with Crippen LogP contribution in [0.2, 0.25) is 0 Å². The second-order valence-corrected chi connectivity index (χ2v) is 16.5. The van der Waals surface area contributed by atoms with E-state index < -0.39 is 17.7 Å². The number of fused-ring (bicyclic) bond motifs is 6. The summed E-state index contributed by atoms with van der Waals surface area (Å²) >= 11 is 0. The van der Waals surface area contributed by atoms with Crippen LogP contribution >= 0.6 is 0 Å². The Kier molecular flexibility index (Phi) is 9.21. The Morgan fingerprint density at radius 3 is 2.58 bits per heavy atom. The number of rotatable bonds is 6. The molecule has 2 fully saturated rings. The highest BCUT2D eigenvalue weighted by Gasteiger charge is 2.40. The zero-order valence-corrected chi connectivity index (χ0v) is 32.5. The van der Waals surface area contributed by atoms with Crippen LogP contribution < -0.4 is 10.1 Å². The quantitative estimate of drug-likeness (QED) is 0.158. The van der Waals surface area contributed by atoms with Gasteiger partial charge in [0.2, 0.25) is 5.91 Å². The number of aromatic nitrogens is 4. The first-order chi connectivity index (χ1) is 26.3. The summed E-state index contributed by atoms with van der Waals surface area (Å²) in [5.74, 6) is 2.28. The van der Waals surface area contributed by atoms with Gasteiger partial charge in [-0.15, -0.1) is 0 Å². The second-order valence-electron chi connectivity index (χ2n) is 16.5. The molecular weight excluding hydrogens is 699 g/mol. The number of hydrogen-bond acceptors (Lipinski definition) is 8. The summed E-state index contributed by atoms with van der Waals surface area (Å²) in [6.45, 7) is 13.2. The van der Waals surface area contributed by atoms with Gasteiger partial charge >= 0.3 is 12.2 Å². The van der Waals surface area contributed by atoms with Gasteiger partial charge in [-0.1, -0.05) is 39.0 Å². The molecule has 0 saturated carbocycles. The van der Waals surface area contributed by atoms with Crippen molar-refractivity contribution in [3.8, 4) is 28.1 Å². The molecule has 3 aliphatic heterocycles. The maximum atomic E-state index is 13.9. The zero-order valence-electron chi connectivity index (χ0n) is 32.5. The fourth-order valence-electron chi connectivity index (χ4n) is 8.30. The molecule has 3 aliphatic rings. The lowest BCUT2D eigenvalue weighted by Gasteiger charge is -2.30. The molecule has 3 N–H and O–H groups in total. The maximum Gasteiger partial charge on any atom is 0.410 e. The topological polar surface area (TPSA) is 155 Å². The van der Waals surface area contributed by atoms with E-state index in [-0.39, 0.29) is 35.9 Å². The largest absolute Gasteiger partial charge is 0.488 e. The molecule has 5 aromatic rings. The molecule has 0 radical (unpaired) electrons. The zero-order chi connectivity index (χ0) is 38.8. The minimum atomic E-state index is -0.709. The Morgan fingerprint density at radius 1 is 1.00 bits per heavy atom. The fourth-order valence-corrected chi connectivity index (χ4v) is 8.30. The van der Waals surface area contributed by atoms with Gasteiger partial charge in [0.1, 0.15) is 35.6 Å². The van der Waals surface area contributed by atoms with Crippen LogP contribution in [-0.4, -0.2) is 79.7 Å². The summed E-state index contributed by atoms with van der Waals surface area (Å²) < 4.78 is 16.9. The van der Waals surface area contributed by atoms with E-state index in [1.165, 1.54) is 7.11 Å². The molecule has 8 rings (SSSR count). The second kappa shape index (κ2) is 13.9. The van der Waals surface area contributed by atoms with E-state index in [1.54, 1.807) is 4.90 Å². The molecule has 2 saturated heterocycles. The van der Waals surface area contributed by atoms with Crippen LogP contribution in [0.5, 0.6) is 5.75 Å². The summed E-state index contributed by atoms with van der Waals surface area (Å²) in [6.07, 6.45) is 3.38. The van der Waals surface area contributed by atoms with Crippen molar-refractivity contribution < 1.29 is 28.6 Å². The van der Waals surface area contributed by atoms with E-state index in [2.05, 4.69) is 58.6 Å². The Bertz CT molecular complexity index is 2300. The predicted octanol–water partition coefficient (Wildman–Crippen LogP) is 8.03. The lowest BCUT2D eigenvalue weighted by Crippen LogP contribution is -2.51. The van der Waals surface area contributed by atoms with Gasteiger partial charge in [0.15, 0.2) is 0 Å². The SMILES string of the molecule is COC(=O)N[C@H](C(=O)N1C[C@@H](C)C[C@H]1c1nc2c(ccc3cc4c(cc32)OCc2cc(-c3cnc([C@@H]5CCCN5C(=O)OC(C)(C)C)[nH]3)ccc2-4)[nH]1)C(C)C. The van der Waals surface area contributed by atoms with E-state index in [0.717, 1.165) is 86.4 Å². The molecule has 288 valence electrons. The van der Waals surface area contributed by atoms with Crippen molar-refractivity contribution >= 4 is 39.9 Å². The van der Waals surface area contributed by atoms with Crippen molar-refractivity contribution in [3.63, 3.8) is 0 Å². The van der Waals surface area contributed by atoms with Crippen molar-refractivity contribution in [2.45, 2.75) is 91.1 Å². The number of nitrogens with one attached hydrogen (secondary N) is 3. The first-order valence-electron chi connectivity index (χ1n) is 19.2. The number of hydrogen-bond donors (Lipinski definition) is 3. The average molecular weight is 748 g/mol. The monoisotopic (exact) mass is 747 g/mol. The first kappa shape index (κ1) is 36.4. The molecule has 0 aliphatic carbocycles. The minimum Gasteiger partial charge on any atom is -0.488 e. The van der Waals surface area contributed by atoms with E-state index in [1.807, 2.05) is 51.8 Å². The number of amides is 3. The highest BCUT2D eigenvalue weighted by atomic mass is 16.6.